The first-order chi connectivity index (χ1) is 44.2. The number of nitrogens with zero attached hydrogens (tertiary/aromatic N) is 3. The lowest BCUT2D eigenvalue weighted by Crippen LogP contribution is -2.28. The van der Waals surface area contributed by atoms with E-state index in [0.29, 0.717) is 71.6 Å². The van der Waals surface area contributed by atoms with E-state index in [2.05, 4.69) is 34.4 Å². The summed E-state index contributed by atoms with van der Waals surface area (Å²) >= 11 is 5.90. The molecular weight excluding hydrogens is 1210 g/mol. The van der Waals surface area contributed by atoms with E-state index in [4.69, 9.17) is 45.1 Å². The zero-order valence-corrected chi connectivity index (χ0v) is 53.4. The highest BCUT2D eigenvalue weighted by molar-refractivity contribution is 6.30. The largest absolute Gasteiger partial charge is 0.493 e. The molecule has 4 atom stereocenters. The van der Waals surface area contributed by atoms with Gasteiger partial charge in [-0.2, -0.15) is 5.10 Å². The van der Waals surface area contributed by atoms with Gasteiger partial charge in [0.25, 0.3) is 0 Å². The lowest BCUT2D eigenvalue weighted by atomic mass is 9.95. The van der Waals surface area contributed by atoms with E-state index in [9.17, 15) is 47.7 Å². The first-order valence-corrected chi connectivity index (χ1v) is 32.2. The SMILES string of the molecule is CC1(C)Cc2cccc(OC(CCC3=CCCCC3)C(=O)O)c2O1.COc1cc(Cl)ccc1OC(CCC1=CCCCC1)C(=O)O.O=C(O)C(CCC1=CCCCC1)Oc1c(F)cc(F)cc1F.O=C(O)C(CCC1=CCCCC1)Oc1ccc(-n2cncn2)cc1. The predicted molar refractivity (Wildman–Crippen MR) is 342 cm³/mol. The van der Waals surface area contributed by atoms with Gasteiger partial charge in [0.2, 0.25) is 0 Å². The van der Waals surface area contributed by atoms with Crippen molar-refractivity contribution < 1.29 is 81.2 Å². The second kappa shape index (κ2) is 36.1. The van der Waals surface area contributed by atoms with Gasteiger partial charge in [0.15, 0.2) is 64.8 Å². The Hall–Kier alpha value is -8.26. The third kappa shape index (κ3) is 23.1. The molecule has 0 fully saturated rings. The summed E-state index contributed by atoms with van der Waals surface area (Å²) in [5.74, 6) is -5.92. The molecule has 496 valence electrons. The molecule has 2 heterocycles. The van der Waals surface area contributed by atoms with Gasteiger partial charge in [-0.3, -0.25) is 0 Å². The van der Waals surface area contributed by atoms with Crippen molar-refractivity contribution in [2.45, 2.75) is 204 Å². The van der Waals surface area contributed by atoms with Crippen molar-refractivity contribution in [2.75, 3.05) is 7.11 Å². The van der Waals surface area contributed by atoms with E-state index >= 15 is 0 Å². The molecule has 21 heteroatoms. The predicted octanol–water partition coefficient (Wildman–Crippen LogP) is 16.6. The molecule has 4 aliphatic carbocycles. The number of carbonyl (C=O) groups is 4. The molecule has 0 spiro atoms. The molecule has 4 N–H and O–H groups in total. The van der Waals surface area contributed by atoms with Gasteiger partial charge in [0.05, 0.1) is 12.8 Å². The van der Waals surface area contributed by atoms with E-state index in [1.54, 1.807) is 47.4 Å². The van der Waals surface area contributed by atoms with Crippen LogP contribution in [-0.4, -0.2) is 96.2 Å². The van der Waals surface area contributed by atoms with Gasteiger partial charge in [-0.1, -0.05) is 70.3 Å². The summed E-state index contributed by atoms with van der Waals surface area (Å²) in [6.07, 6.45) is 31.0. The number of aliphatic carboxylic acids is 4. The highest BCUT2D eigenvalue weighted by Gasteiger charge is 2.34. The zero-order valence-electron chi connectivity index (χ0n) is 52.6. The van der Waals surface area contributed by atoms with Gasteiger partial charge in [-0.05, 0) is 210 Å². The van der Waals surface area contributed by atoms with Crippen LogP contribution in [0, 0.1) is 17.5 Å². The third-order valence-corrected chi connectivity index (χ3v) is 16.5. The van der Waals surface area contributed by atoms with E-state index in [0.717, 1.165) is 107 Å². The van der Waals surface area contributed by atoms with Crippen LogP contribution in [0.1, 0.15) is 174 Å². The fourth-order valence-corrected chi connectivity index (χ4v) is 11.6. The van der Waals surface area contributed by atoms with Crippen molar-refractivity contribution in [1.29, 1.82) is 0 Å². The van der Waals surface area contributed by atoms with Crippen LogP contribution in [0.4, 0.5) is 13.2 Å². The van der Waals surface area contributed by atoms with Gasteiger partial charge in [-0.25, -0.2) is 42.0 Å². The van der Waals surface area contributed by atoms with E-state index < -0.39 is 71.5 Å². The number of ether oxygens (including phenoxy) is 6. The molecule has 17 nitrogen and oxygen atoms in total. The quantitative estimate of drug-likeness (QED) is 0.0377. The van der Waals surface area contributed by atoms with Gasteiger partial charge >= 0.3 is 23.9 Å². The number of hydrogen-bond donors (Lipinski definition) is 4. The first-order valence-electron chi connectivity index (χ1n) is 31.8. The first kappa shape index (κ1) is 71.2. The summed E-state index contributed by atoms with van der Waals surface area (Å²) in [6, 6.07) is 18.7. The fraction of sp³-hybridized carbons (Fsp3) is 0.465. The zero-order chi connectivity index (χ0) is 66.0. The minimum absolute atomic E-state index is 0.109. The summed E-state index contributed by atoms with van der Waals surface area (Å²) in [5, 5.41) is 42.0. The van der Waals surface area contributed by atoms with Crippen LogP contribution in [0.25, 0.3) is 5.69 Å². The van der Waals surface area contributed by atoms with E-state index in [-0.39, 0.29) is 12.0 Å². The van der Waals surface area contributed by atoms with Crippen molar-refractivity contribution in [1.82, 2.24) is 14.8 Å². The number of para-hydroxylation sites is 1. The summed E-state index contributed by atoms with van der Waals surface area (Å²) in [6.45, 7) is 4.06. The Labute approximate surface area is 540 Å². The van der Waals surface area contributed by atoms with Crippen LogP contribution in [0.2, 0.25) is 5.02 Å². The van der Waals surface area contributed by atoms with Crippen molar-refractivity contribution in [3.63, 3.8) is 0 Å². The molecule has 92 heavy (non-hydrogen) atoms. The van der Waals surface area contributed by atoms with Gasteiger partial charge < -0.3 is 48.8 Å². The highest BCUT2D eigenvalue weighted by Crippen LogP contribution is 2.43. The second-order valence-corrected chi connectivity index (χ2v) is 24.4. The van der Waals surface area contributed by atoms with Crippen LogP contribution in [0.15, 0.2) is 132 Å². The lowest BCUT2D eigenvalue weighted by Gasteiger charge is -2.21. The van der Waals surface area contributed by atoms with Crippen molar-refractivity contribution in [2.24, 2.45) is 0 Å². The highest BCUT2D eigenvalue weighted by atomic mass is 35.5. The molecule has 0 bridgehead atoms. The maximum absolute atomic E-state index is 13.5. The minimum Gasteiger partial charge on any atom is -0.493 e. The smallest absolute Gasteiger partial charge is 0.344 e. The molecular formula is C71H85ClF3N3O14. The second-order valence-electron chi connectivity index (χ2n) is 24.0. The van der Waals surface area contributed by atoms with Crippen LogP contribution in [0.3, 0.4) is 0 Å². The standard InChI is InChI=1S/C20H26O4.C18H21N3O3.C17H21ClO4.C16H17F3O3/c1-20(2)13-15-9-6-10-16(18(15)24-20)23-17(19(21)22)12-11-14-7-4-3-5-8-14;22-18(23)17(11-6-14-4-2-1-3-5-14)24-16-9-7-15(8-10-16)21-13-19-12-20-21;1-21-16-11-13(18)8-10-14(16)22-15(17(19)20)9-7-12-5-3-2-4-6-12;17-11-8-12(18)15(13(19)9-11)22-14(16(20)21)7-6-10-4-2-1-3-5-10/h6-7,9-10,17H,3-5,8,11-13H2,1-2H3,(H,21,22);4,7-10,12-13,17H,1-3,5-6,11H2,(H,22,23);5,8,10-11,15H,2-4,6-7,9H2,1H3,(H,19,20);4,8-9,14H,1-3,5-7H2,(H,20,21). The molecule has 0 saturated heterocycles. The van der Waals surface area contributed by atoms with Crippen LogP contribution in [-0.2, 0) is 25.6 Å². The number of halogens is 4. The Morgan fingerprint density at radius 2 is 1.03 bits per heavy atom. The number of aromatic nitrogens is 3. The number of fused-ring (bicyclic) bond motifs is 1. The Morgan fingerprint density at radius 3 is 1.46 bits per heavy atom. The monoisotopic (exact) mass is 1300 g/mol. The maximum atomic E-state index is 13.5. The summed E-state index contributed by atoms with van der Waals surface area (Å²) in [7, 11) is 1.50. The van der Waals surface area contributed by atoms with Gasteiger partial charge in [-0.15, -0.1) is 0 Å². The summed E-state index contributed by atoms with van der Waals surface area (Å²) in [4.78, 5) is 49.6. The molecule has 0 saturated carbocycles. The molecule has 0 radical (unpaired) electrons. The van der Waals surface area contributed by atoms with Crippen LogP contribution in [0.5, 0.6) is 34.5 Å². The topological polar surface area (TPSA) is 235 Å². The molecule has 0 amide bonds. The number of methoxy groups -OCH3 is 1. The lowest BCUT2D eigenvalue weighted by molar-refractivity contribution is -0.146. The Morgan fingerprint density at radius 1 is 0.576 bits per heavy atom. The number of hydrogen-bond acceptors (Lipinski definition) is 12. The Balaban J connectivity index is 0.000000174. The Kier molecular flexibility index (Phi) is 27.9. The van der Waals surface area contributed by atoms with E-state index in [1.807, 2.05) is 38.1 Å². The normalized spacial score (nSPS) is 16.9. The molecule has 4 unspecified atom stereocenters. The van der Waals surface area contributed by atoms with Crippen molar-refractivity contribution in [3.05, 3.63) is 160 Å². The minimum atomic E-state index is -1.38. The van der Waals surface area contributed by atoms with Gasteiger partial charge in [0.1, 0.15) is 29.8 Å². The average molecular weight is 1300 g/mol. The number of carboxylic acids is 4. The van der Waals surface area contributed by atoms with Gasteiger partial charge in [0, 0.05) is 35.2 Å². The van der Waals surface area contributed by atoms with Crippen LogP contribution >= 0.6 is 11.6 Å². The maximum Gasteiger partial charge on any atom is 0.344 e. The summed E-state index contributed by atoms with van der Waals surface area (Å²) < 4.78 is 74.8. The van der Waals surface area contributed by atoms with Crippen LogP contribution < -0.4 is 28.4 Å². The van der Waals surface area contributed by atoms with Crippen molar-refractivity contribution in [3.8, 4) is 40.2 Å². The average Bonchev–Trinajstić information content (AvgIpc) is 1.66. The number of benzene rings is 4. The number of rotatable bonds is 26. The third-order valence-electron chi connectivity index (χ3n) is 16.3. The molecule has 5 aliphatic rings. The summed E-state index contributed by atoms with van der Waals surface area (Å²) in [5.41, 5.74) is 6.86. The molecule has 1 aromatic heterocycles. The Bertz CT molecular complexity index is 3350. The number of carboxylic acid groups (broad SMARTS) is 4. The molecule has 1 aliphatic heterocycles. The van der Waals surface area contributed by atoms with Crippen molar-refractivity contribution >= 4 is 35.5 Å². The molecule has 5 aromatic rings. The molecule has 10 rings (SSSR count). The van der Waals surface area contributed by atoms with E-state index in [1.165, 1.54) is 68.7 Å². The fourth-order valence-electron chi connectivity index (χ4n) is 11.4. The molecule has 4 aromatic carbocycles. The number of allylic oxidation sites excluding steroid dienone is 8.